The number of carbonyl (C=O) groups is 1. The molecule has 1 amide bonds. The number of benzene rings is 2. The van der Waals surface area contributed by atoms with Gasteiger partial charge < -0.3 is 15.4 Å². The molecule has 0 spiro atoms. The number of hydrogen-bond acceptors (Lipinski definition) is 3. The summed E-state index contributed by atoms with van der Waals surface area (Å²) in [6.45, 7) is 0. The van der Waals surface area contributed by atoms with E-state index in [0.717, 1.165) is 24.3 Å². The van der Waals surface area contributed by atoms with Gasteiger partial charge in [-0.05, 0) is 48.6 Å². The van der Waals surface area contributed by atoms with Crippen LogP contribution in [0.1, 0.15) is 15.9 Å². The van der Waals surface area contributed by atoms with Gasteiger partial charge in [0, 0.05) is 6.20 Å². The summed E-state index contributed by atoms with van der Waals surface area (Å²) >= 11 is 0. The molecular formula is C19H14F4N2O2. The number of rotatable bonds is 4. The van der Waals surface area contributed by atoms with Gasteiger partial charge in [-0.3, -0.25) is 4.79 Å². The SMILES string of the molecule is NC(=O)c1cc(F)ccc1N1C=CC=CC1Oc1cccc(C(F)(F)F)c1. The van der Waals surface area contributed by atoms with Gasteiger partial charge >= 0.3 is 6.18 Å². The van der Waals surface area contributed by atoms with Crippen molar-refractivity contribution in [3.05, 3.63) is 83.8 Å². The van der Waals surface area contributed by atoms with Crippen molar-refractivity contribution in [2.45, 2.75) is 12.4 Å². The molecule has 0 bridgehead atoms. The van der Waals surface area contributed by atoms with Gasteiger partial charge in [0.25, 0.3) is 5.91 Å². The molecule has 0 fully saturated rings. The molecule has 0 saturated heterocycles. The summed E-state index contributed by atoms with van der Waals surface area (Å²) < 4.78 is 57.8. The number of allylic oxidation sites excluding steroid dienone is 2. The number of primary amides is 1. The van der Waals surface area contributed by atoms with E-state index in [2.05, 4.69) is 0 Å². The lowest BCUT2D eigenvalue weighted by atomic mass is 10.1. The minimum Gasteiger partial charge on any atom is -0.467 e. The average molecular weight is 378 g/mol. The standard InChI is InChI=1S/C19H14F4N2O2/c20-13-7-8-16(15(11-13)18(24)26)25-9-2-1-6-17(25)27-14-5-3-4-12(10-14)19(21,22)23/h1-11,17H,(H2,24,26). The van der Waals surface area contributed by atoms with Crippen molar-refractivity contribution >= 4 is 11.6 Å². The van der Waals surface area contributed by atoms with Gasteiger partial charge in [0.05, 0.1) is 16.8 Å². The van der Waals surface area contributed by atoms with Gasteiger partial charge in [0.15, 0.2) is 6.23 Å². The molecule has 1 aliphatic heterocycles. The molecule has 0 saturated carbocycles. The summed E-state index contributed by atoms with van der Waals surface area (Å²) in [4.78, 5) is 13.1. The molecule has 2 aromatic rings. The van der Waals surface area contributed by atoms with E-state index < -0.39 is 29.7 Å². The Hall–Kier alpha value is -3.29. The van der Waals surface area contributed by atoms with Crippen LogP contribution in [0.2, 0.25) is 0 Å². The van der Waals surface area contributed by atoms with Crippen LogP contribution < -0.4 is 15.4 Å². The Kier molecular flexibility index (Phi) is 4.89. The number of amides is 1. The van der Waals surface area contributed by atoms with E-state index in [4.69, 9.17) is 10.5 Å². The van der Waals surface area contributed by atoms with Crippen LogP contribution in [0.25, 0.3) is 0 Å². The van der Waals surface area contributed by atoms with E-state index in [9.17, 15) is 22.4 Å². The quantitative estimate of drug-likeness (QED) is 0.810. The smallest absolute Gasteiger partial charge is 0.416 e. The second kappa shape index (κ2) is 7.14. The van der Waals surface area contributed by atoms with E-state index in [1.54, 1.807) is 24.4 Å². The fourth-order valence-electron chi connectivity index (χ4n) is 2.61. The fraction of sp³-hybridized carbons (Fsp3) is 0.105. The molecule has 2 N–H and O–H groups in total. The van der Waals surface area contributed by atoms with Crippen LogP contribution in [0.15, 0.2) is 66.9 Å². The van der Waals surface area contributed by atoms with Crippen molar-refractivity contribution in [3.63, 3.8) is 0 Å². The Balaban J connectivity index is 1.93. The van der Waals surface area contributed by atoms with E-state index in [1.807, 2.05) is 0 Å². The first kappa shape index (κ1) is 18.5. The van der Waals surface area contributed by atoms with Crippen molar-refractivity contribution in [2.75, 3.05) is 4.90 Å². The minimum absolute atomic E-state index is 0.0116. The number of halogens is 4. The molecule has 2 aromatic carbocycles. The highest BCUT2D eigenvalue weighted by Crippen LogP contribution is 2.33. The molecule has 1 heterocycles. The molecule has 0 aliphatic carbocycles. The van der Waals surface area contributed by atoms with Gasteiger partial charge in [0.1, 0.15) is 11.6 Å². The lowest BCUT2D eigenvalue weighted by molar-refractivity contribution is -0.137. The zero-order chi connectivity index (χ0) is 19.6. The molecule has 3 rings (SSSR count). The van der Waals surface area contributed by atoms with Crippen molar-refractivity contribution in [1.29, 1.82) is 0 Å². The van der Waals surface area contributed by atoms with E-state index in [-0.39, 0.29) is 17.0 Å². The number of ether oxygens (including phenoxy) is 1. The molecule has 4 nitrogen and oxygen atoms in total. The van der Waals surface area contributed by atoms with Crippen LogP contribution in [-0.2, 0) is 6.18 Å². The maximum Gasteiger partial charge on any atom is 0.416 e. The molecule has 1 atom stereocenters. The number of nitrogens with two attached hydrogens (primary N) is 1. The van der Waals surface area contributed by atoms with E-state index >= 15 is 0 Å². The summed E-state index contributed by atoms with van der Waals surface area (Å²) in [6.07, 6.45) is 1.05. The Labute approximate surface area is 152 Å². The number of carbonyl (C=O) groups excluding carboxylic acids is 1. The highest BCUT2D eigenvalue weighted by molar-refractivity contribution is 5.99. The number of hydrogen-bond donors (Lipinski definition) is 1. The lowest BCUT2D eigenvalue weighted by Gasteiger charge is -2.31. The number of nitrogens with zero attached hydrogens (tertiary/aromatic N) is 1. The van der Waals surface area contributed by atoms with Crippen molar-refractivity contribution < 1.29 is 27.1 Å². The van der Waals surface area contributed by atoms with Gasteiger partial charge in [-0.2, -0.15) is 13.2 Å². The van der Waals surface area contributed by atoms with Crippen molar-refractivity contribution in [3.8, 4) is 5.75 Å². The lowest BCUT2D eigenvalue weighted by Crippen LogP contribution is -2.36. The average Bonchev–Trinajstić information content (AvgIpc) is 2.62. The normalized spacial score (nSPS) is 16.4. The van der Waals surface area contributed by atoms with E-state index in [1.165, 1.54) is 23.1 Å². The van der Waals surface area contributed by atoms with Gasteiger partial charge in [0.2, 0.25) is 0 Å². The van der Waals surface area contributed by atoms with Crippen LogP contribution in [0.4, 0.5) is 23.2 Å². The maximum absolute atomic E-state index is 13.5. The third kappa shape index (κ3) is 4.11. The van der Waals surface area contributed by atoms with Crippen LogP contribution in [0.5, 0.6) is 5.75 Å². The van der Waals surface area contributed by atoms with Crippen LogP contribution in [0, 0.1) is 5.82 Å². The first-order valence-corrected chi connectivity index (χ1v) is 7.82. The molecule has 0 radical (unpaired) electrons. The zero-order valence-corrected chi connectivity index (χ0v) is 13.8. The van der Waals surface area contributed by atoms with Crippen LogP contribution in [0.3, 0.4) is 0 Å². The van der Waals surface area contributed by atoms with E-state index in [0.29, 0.717) is 0 Å². The van der Waals surface area contributed by atoms with Gasteiger partial charge in [-0.25, -0.2) is 4.39 Å². The predicted molar refractivity (Wildman–Crippen MR) is 91.5 cm³/mol. The Morgan fingerprint density at radius 3 is 2.59 bits per heavy atom. The Morgan fingerprint density at radius 1 is 1.11 bits per heavy atom. The molecule has 1 unspecified atom stereocenters. The Bertz CT molecular complexity index is 922. The number of anilines is 1. The summed E-state index contributed by atoms with van der Waals surface area (Å²) in [5.74, 6) is -1.49. The van der Waals surface area contributed by atoms with Crippen LogP contribution >= 0.6 is 0 Å². The summed E-state index contributed by atoms with van der Waals surface area (Å²) in [5.41, 5.74) is 4.66. The predicted octanol–water partition coefficient (Wildman–Crippen LogP) is 4.24. The molecule has 8 heteroatoms. The molecular weight excluding hydrogens is 364 g/mol. The minimum atomic E-state index is -4.50. The first-order chi connectivity index (χ1) is 12.8. The number of alkyl halides is 3. The largest absolute Gasteiger partial charge is 0.467 e. The third-order valence-electron chi connectivity index (χ3n) is 3.83. The van der Waals surface area contributed by atoms with Crippen molar-refractivity contribution in [1.82, 2.24) is 0 Å². The zero-order valence-electron chi connectivity index (χ0n) is 13.8. The summed E-state index contributed by atoms with van der Waals surface area (Å²) in [5, 5.41) is 0. The molecule has 0 aromatic heterocycles. The molecule has 140 valence electrons. The summed E-state index contributed by atoms with van der Waals surface area (Å²) in [6, 6.07) is 7.93. The second-order valence-corrected chi connectivity index (χ2v) is 5.69. The Morgan fingerprint density at radius 2 is 1.89 bits per heavy atom. The third-order valence-corrected chi connectivity index (χ3v) is 3.83. The van der Waals surface area contributed by atoms with Crippen LogP contribution in [-0.4, -0.2) is 12.1 Å². The fourth-order valence-corrected chi connectivity index (χ4v) is 2.61. The highest BCUT2D eigenvalue weighted by Gasteiger charge is 2.31. The monoisotopic (exact) mass is 378 g/mol. The highest BCUT2D eigenvalue weighted by atomic mass is 19.4. The molecule has 27 heavy (non-hydrogen) atoms. The molecule has 1 aliphatic rings. The first-order valence-electron chi connectivity index (χ1n) is 7.82. The summed E-state index contributed by atoms with van der Waals surface area (Å²) in [7, 11) is 0. The van der Waals surface area contributed by atoms with Crippen molar-refractivity contribution in [2.24, 2.45) is 5.73 Å². The van der Waals surface area contributed by atoms with Gasteiger partial charge in [-0.1, -0.05) is 12.1 Å². The second-order valence-electron chi connectivity index (χ2n) is 5.69. The topological polar surface area (TPSA) is 55.6 Å². The maximum atomic E-state index is 13.5. The van der Waals surface area contributed by atoms with Gasteiger partial charge in [-0.15, -0.1) is 0 Å².